The summed E-state index contributed by atoms with van der Waals surface area (Å²) < 4.78 is 0.822. The summed E-state index contributed by atoms with van der Waals surface area (Å²) in [5, 5.41) is 11.7. The van der Waals surface area contributed by atoms with Crippen LogP contribution in [0.15, 0.2) is 22.7 Å². The zero-order valence-corrected chi connectivity index (χ0v) is 11.7. The Balaban J connectivity index is 2.01. The molecule has 1 amide bonds. The first-order chi connectivity index (χ1) is 8.60. The van der Waals surface area contributed by atoms with Crippen LogP contribution in [0.1, 0.15) is 18.4 Å². The lowest BCUT2D eigenvalue weighted by Crippen LogP contribution is -2.36. The van der Waals surface area contributed by atoms with Crippen molar-refractivity contribution in [3.8, 4) is 6.07 Å². The van der Waals surface area contributed by atoms with Crippen molar-refractivity contribution >= 4 is 27.5 Å². The second kappa shape index (κ2) is 5.40. The molecular formula is C13H14BrN3O. The van der Waals surface area contributed by atoms with E-state index in [1.54, 1.807) is 12.1 Å². The molecule has 18 heavy (non-hydrogen) atoms. The maximum Gasteiger partial charge on any atom is 0.239 e. The molecule has 1 aliphatic rings. The Morgan fingerprint density at radius 2 is 2.33 bits per heavy atom. The van der Waals surface area contributed by atoms with Crippen LogP contribution < -0.4 is 10.2 Å². The fourth-order valence-corrected chi connectivity index (χ4v) is 2.37. The molecule has 94 valence electrons. The standard InChI is InChI=1S/C13H14BrN3O/c1-17(8-13(18)16-10-3-4-10)12-5-2-9(7-15)6-11(12)14/h2,5-6,10H,3-4,8H2,1H3,(H,16,18). The van der Waals surface area contributed by atoms with Gasteiger partial charge in [0.2, 0.25) is 5.91 Å². The number of nitrogens with one attached hydrogen (secondary N) is 1. The number of carbonyl (C=O) groups excluding carboxylic acids is 1. The molecule has 5 heteroatoms. The molecule has 1 saturated carbocycles. The Labute approximate surface area is 115 Å². The van der Waals surface area contributed by atoms with Gasteiger partial charge in [-0.05, 0) is 47.0 Å². The predicted molar refractivity (Wildman–Crippen MR) is 73.3 cm³/mol. The minimum Gasteiger partial charge on any atom is -0.364 e. The maximum atomic E-state index is 11.7. The van der Waals surface area contributed by atoms with Crippen LogP contribution >= 0.6 is 15.9 Å². The fourth-order valence-electron chi connectivity index (χ4n) is 1.69. The number of halogens is 1. The van der Waals surface area contributed by atoms with Crippen molar-refractivity contribution in [3.05, 3.63) is 28.2 Å². The Hall–Kier alpha value is -1.54. The highest BCUT2D eigenvalue weighted by Gasteiger charge is 2.23. The van der Waals surface area contributed by atoms with E-state index < -0.39 is 0 Å². The van der Waals surface area contributed by atoms with Crippen LogP contribution in [-0.4, -0.2) is 25.5 Å². The van der Waals surface area contributed by atoms with E-state index >= 15 is 0 Å². The molecular weight excluding hydrogens is 294 g/mol. The molecule has 1 aliphatic carbocycles. The Kier molecular flexibility index (Phi) is 3.87. The van der Waals surface area contributed by atoms with E-state index in [-0.39, 0.29) is 5.91 Å². The minimum absolute atomic E-state index is 0.0382. The SMILES string of the molecule is CN(CC(=O)NC1CC1)c1ccc(C#N)cc1Br. The molecule has 0 bridgehead atoms. The van der Waals surface area contributed by atoms with Gasteiger partial charge >= 0.3 is 0 Å². The van der Waals surface area contributed by atoms with Crippen LogP contribution in [0.5, 0.6) is 0 Å². The Morgan fingerprint density at radius 3 is 2.89 bits per heavy atom. The first-order valence-electron chi connectivity index (χ1n) is 5.80. The Bertz CT molecular complexity index is 505. The van der Waals surface area contributed by atoms with E-state index in [9.17, 15) is 4.79 Å². The highest BCUT2D eigenvalue weighted by Crippen LogP contribution is 2.26. The van der Waals surface area contributed by atoms with E-state index in [1.165, 1.54) is 0 Å². The van der Waals surface area contributed by atoms with Crippen molar-refractivity contribution in [1.29, 1.82) is 5.26 Å². The summed E-state index contributed by atoms with van der Waals surface area (Å²) >= 11 is 3.42. The van der Waals surface area contributed by atoms with Crippen molar-refractivity contribution in [2.24, 2.45) is 0 Å². The quantitative estimate of drug-likeness (QED) is 0.926. The molecule has 0 saturated heterocycles. The van der Waals surface area contributed by atoms with Crippen LogP contribution in [0.4, 0.5) is 5.69 Å². The summed E-state index contributed by atoms with van der Waals surface area (Å²) in [5.74, 6) is 0.0382. The minimum atomic E-state index is 0.0382. The van der Waals surface area contributed by atoms with Crippen molar-refractivity contribution in [2.75, 3.05) is 18.5 Å². The monoisotopic (exact) mass is 307 g/mol. The van der Waals surface area contributed by atoms with Gasteiger partial charge in [0.05, 0.1) is 23.9 Å². The smallest absolute Gasteiger partial charge is 0.239 e. The summed E-state index contributed by atoms with van der Waals surface area (Å²) in [5.41, 5.74) is 1.50. The van der Waals surface area contributed by atoms with Gasteiger partial charge in [0.15, 0.2) is 0 Å². The zero-order valence-electron chi connectivity index (χ0n) is 10.1. The van der Waals surface area contributed by atoms with Crippen LogP contribution in [0.3, 0.4) is 0 Å². The van der Waals surface area contributed by atoms with Crippen molar-refractivity contribution in [3.63, 3.8) is 0 Å². The van der Waals surface area contributed by atoms with Crippen LogP contribution in [-0.2, 0) is 4.79 Å². The van der Waals surface area contributed by atoms with Gasteiger partial charge < -0.3 is 10.2 Å². The Morgan fingerprint density at radius 1 is 1.61 bits per heavy atom. The molecule has 0 unspecified atom stereocenters. The van der Waals surface area contributed by atoms with E-state index in [2.05, 4.69) is 27.3 Å². The molecule has 0 atom stereocenters. The second-order valence-corrected chi connectivity index (χ2v) is 5.33. The van der Waals surface area contributed by atoms with Gasteiger partial charge in [-0.3, -0.25) is 4.79 Å². The van der Waals surface area contributed by atoms with E-state index in [0.717, 1.165) is 23.0 Å². The molecule has 4 nitrogen and oxygen atoms in total. The van der Waals surface area contributed by atoms with Crippen LogP contribution in [0, 0.1) is 11.3 Å². The average molecular weight is 308 g/mol. The highest BCUT2D eigenvalue weighted by atomic mass is 79.9. The summed E-state index contributed by atoms with van der Waals surface area (Å²) in [4.78, 5) is 13.6. The first kappa shape index (κ1) is 12.9. The van der Waals surface area contributed by atoms with Gasteiger partial charge in [0, 0.05) is 17.6 Å². The first-order valence-corrected chi connectivity index (χ1v) is 6.59. The number of anilines is 1. The topological polar surface area (TPSA) is 56.1 Å². The van der Waals surface area contributed by atoms with Gasteiger partial charge in [0.25, 0.3) is 0 Å². The lowest BCUT2D eigenvalue weighted by Gasteiger charge is -2.20. The second-order valence-electron chi connectivity index (χ2n) is 4.48. The van der Waals surface area contributed by atoms with Gasteiger partial charge in [-0.1, -0.05) is 0 Å². The summed E-state index contributed by atoms with van der Waals surface area (Å²) in [6.45, 7) is 0.320. The largest absolute Gasteiger partial charge is 0.364 e. The summed E-state index contributed by atoms with van der Waals surface area (Å²) in [6.07, 6.45) is 2.19. The third-order valence-electron chi connectivity index (χ3n) is 2.81. The van der Waals surface area contributed by atoms with E-state index in [4.69, 9.17) is 5.26 Å². The van der Waals surface area contributed by atoms with Gasteiger partial charge in [-0.25, -0.2) is 0 Å². The molecule has 1 aromatic rings. The molecule has 1 fully saturated rings. The van der Waals surface area contributed by atoms with Crippen molar-refractivity contribution in [1.82, 2.24) is 5.32 Å². The molecule has 0 aliphatic heterocycles. The number of likely N-dealkylation sites (N-methyl/N-ethyl adjacent to an activating group) is 1. The van der Waals surface area contributed by atoms with Gasteiger partial charge in [-0.15, -0.1) is 0 Å². The van der Waals surface area contributed by atoms with Crippen molar-refractivity contribution < 1.29 is 4.79 Å². The fraction of sp³-hybridized carbons (Fsp3) is 0.385. The number of nitrogens with zero attached hydrogens (tertiary/aromatic N) is 2. The number of benzene rings is 1. The lowest BCUT2D eigenvalue weighted by molar-refractivity contribution is -0.119. The molecule has 1 aromatic carbocycles. The molecule has 1 N–H and O–H groups in total. The average Bonchev–Trinajstić information content (AvgIpc) is 3.12. The van der Waals surface area contributed by atoms with Gasteiger partial charge in [-0.2, -0.15) is 5.26 Å². The number of nitriles is 1. The zero-order chi connectivity index (χ0) is 13.1. The third-order valence-corrected chi connectivity index (χ3v) is 3.45. The van der Waals surface area contributed by atoms with E-state index in [1.807, 2.05) is 18.0 Å². The molecule has 0 radical (unpaired) electrons. The molecule has 0 aromatic heterocycles. The molecule has 0 heterocycles. The summed E-state index contributed by atoms with van der Waals surface area (Å²) in [6, 6.07) is 7.81. The number of amides is 1. The normalized spacial score (nSPS) is 13.8. The third kappa shape index (κ3) is 3.23. The predicted octanol–water partition coefficient (Wildman–Crippen LogP) is 2.04. The number of hydrogen-bond donors (Lipinski definition) is 1. The number of carbonyl (C=O) groups is 1. The molecule has 2 rings (SSSR count). The van der Waals surface area contributed by atoms with E-state index in [0.29, 0.717) is 18.2 Å². The number of hydrogen-bond acceptors (Lipinski definition) is 3. The van der Waals surface area contributed by atoms with Crippen LogP contribution in [0.25, 0.3) is 0 Å². The number of rotatable bonds is 4. The van der Waals surface area contributed by atoms with Gasteiger partial charge in [0.1, 0.15) is 0 Å². The maximum absolute atomic E-state index is 11.7. The van der Waals surface area contributed by atoms with Crippen LogP contribution in [0.2, 0.25) is 0 Å². The molecule has 0 spiro atoms. The highest BCUT2D eigenvalue weighted by molar-refractivity contribution is 9.10. The lowest BCUT2D eigenvalue weighted by atomic mass is 10.2. The van der Waals surface area contributed by atoms with Crippen molar-refractivity contribution in [2.45, 2.75) is 18.9 Å². The summed E-state index contributed by atoms with van der Waals surface area (Å²) in [7, 11) is 1.86.